The Labute approximate surface area is 102 Å². The predicted molar refractivity (Wildman–Crippen MR) is 64.6 cm³/mol. The normalized spacial score (nSPS) is 34.1. The summed E-state index contributed by atoms with van der Waals surface area (Å²) in [5, 5.41) is 7.66. The summed E-state index contributed by atoms with van der Waals surface area (Å²) in [6.07, 6.45) is 7.54. The molecule has 2 fully saturated rings. The molecule has 0 spiro atoms. The van der Waals surface area contributed by atoms with Gasteiger partial charge >= 0.3 is 0 Å². The molecule has 0 radical (unpaired) electrons. The maximum absolute atomic E-state index is 5.43. The lowest BCUT2D eigenvalue weighted by atomic mass is 10.0. The summed E-state index contributed by atoms with van der Waals surface area (Å²) in [6.45, 7) is 3.32. The highest BCUT2D eigenvalue weighted by Gasteiger charge is 2.38. The fourth-order valence-electron chi connectivity index (χ4n) is 2.64. The molecular formula is C13H21N3O. The highest BCUT2D eigenvalue weighted by molar-refractivity contribution is 5.08. The van der Waals surface area contributed by atoms with E-state index < -0.39 is 0 Å². The Morgan fingerprint density at radius 2 is 2.06 bits per heavy atom. The summed E-state index contributed by atoms with van der Waals surface area (Å²) in [5.74, 6) is 3.03. The van der Waals surface area contributed by atoms with Crippen LogP contribution in [-0.2, 0) is 0 Å². The summed E-state index contributed by atoms with van der Waals surface area (Å²) in [6, 6.07) is 0.283. The molecule has 1 N–H and O–H groups in total. The van der Waals surface area contributed by atoms with Crippen molar-refractivity contribution in [2.45, 2.75) is 57.4 Å². The van der Waals surface area contributed by atoms with Crippen LogP contribution in [0.5, 0.6) is 0 Å². The van der Waals surface area contributed by atoms with Crippen molar-refractivity contribution in [1.29, 1.82) is 0 Å². The van der Waals surface area contributed by atoms with Gasteiger partial charge in [-0.05, 0) is 31.7 Å². The first-order valence-electron chi connectivity index (χ1n) is 6.91. The van der Waals surface area contributed by atoms with Gasteiger partial charge < -0.3 is 9.84 Å². The quantitative estimate of drug-likeness (QED) is 0.856. The van der Waals surface area contributed by atoms with Crippen LogP contribution >= 0.6 is 0 Å². The van der Waals surface area contributed by atoms with E-state index in [4.69, 9.17) is 4.52 Å². The molecule has 2 aliphatic rings. The van der Waals surface area contributed by atoms with E-state index in [1.54, 1.807) is 0 Å². The van der Waals surface area contributed by atoms with Crippen LogP contribution in [0.2, 0.25) is 0 Å². The minimum atomic E-state index is 0.283. The Kier molecular flexibility index (Phi) is 3.14. The monoisotopic (exact) mass is 235 g/mol. The second-order valence-corrected chi connectivity index (χ2v) is 5.52. The molecule has 1 aliphatic heterocycles. The van der Waals surface area contributed by atoms with Gasteiger partial charge in [-0.1, -0.05) is 31.3 Å². The molecular weight excluding hydrogens is 214 g/mol. The summed E-state index contributed by atoms with van der Waals surface area (Å²) in [4.78, 5) is 4.58. The average Bonchev–Trinajstić information content (AvgIpc) is 2.83. The topological polar surface area (TPSA) is 51.0 Å². The van der Waals surface area contributed by atoms with Crippen molar-refractivity contribution in [1.82, 2.24) is 15.5 Å². The van der Waals surface area contributed by atoms with Crippen LogP contribution in [0.25, 0.3) is 0 Å². The molecule has 94 valence electrons. The number of hydrogen-bond donors (Lipinski definition) is 1. The highest BCUT2D eigenvalue weighted by Crippen LogP contribution is 2.45. The van der Waals surface area contributed by atoms with Crippen molar-refractivity contribution < 1.29 is 4.52 Å². The molecule has 2 heterocycles. The molecule has 1 saturated heterocycles. The Hall–Kier alpha value is -0.900. The first-order chi connectivity index (χ1) is 8.34. The Morgan fingerprint density at radius 1 is 1.24 bits per heavy atom. The minimum Gasteiger partial charge on any atom is -0.338 e. The third kappa shape index (κ3) is 2.51. The van der Waals surface area contributed by atoms with Gasteiger partial charge in [0.25, 0.3) is 0 Å². The molecule has 4 nitrogen and oxygen atoms in total. The SMILES string of the molecule is CC1CC1c1noc(C2CCCCCCN2)n1. The first-order valence-corrected chi connectivity index (χ1v) is 6.91. The molecule has 1 saturated carbocycles. The zero-order valence-electron chi connectivity index (χ0n) is 10.5. The summed E-state index contributed by atoms with van der Waals surface area (Å²) in [5.41, 5.74) is 0. The lowest BCUT2D eigenvalue weighted by molar-refractivity contribution is 0.305. The number of hydrogen-bond acceptors (Lipinski definition) is 4. The van der Waals surface area contributed by atoms with Crippen LogP contribution in [0.1, 0.15) is 69.1 Å². The van der Waals surface area contributed by atoms with Gasteiger partial charge in [-0.3, -0.25) is 0 Å². The van der Waals surface area contributed by atoms with Crippen molar-refractivity contribution in [3.05, 3.63) is 11.7 Å². The number of nitrogens with one attached hydrogen (secondary N) is 1. The third-order valence-corrected chi connectivity index (χ3v) is 4.01. The Morgan fingerprint density at radius 3 is 2.88 bits per heavy atom. The maximum Gasteiger partial charge on any atom is 0.243 e. The van der Waals surface area contributed by atoms with Crippen LogP contribution in [-0.4, -0.2) is 16.7 Å². The average molecular weight is 235 g/mol. The van der Waals surface area contributed by atoms with Crippen molar-refractivity contribution >= 4 is 0 Å². The predicted octanol–water partition coefficient (Wildman–Crippen LogP) is 2.79. The third-order valence-electron chi connectivity index (χ3n) is 4.01. The van der Waals surface area contributed by atoms with E-state index in [0.29, 0.717) is 5.92 Å². The second kappa shape index (κ2) is 4.77. The smallest absolute Gasteiger partial charge is 0.243 e. The fraction of sp³-hybridized carbons (Fsp3) is 0.846. The fourth-order valence-corrected chi connectivity index (χ4v) is 2.64. The van der Waals surface area contributed by atoms with Crippen LogP contribution in [0, 0.1) is 5.92 Å². The van der Waals surface area contributed by atoms with Gasteiger partial charge in [0.1, 0.15) is 0 Å². The number of nitrogens with zero attached hydrogens (tertiary/aromatic N) is 2. The standard InChI is InChI=1S/C13H21N3O/c1-9-8-10(9)12-15-13(17-16-12)11-6-4-2-3-5-7-14-11/h9-11,14H,2-8H2,1H3. The molecule has 3 unspecified atom stereocenters. The van der Waals surface area contributed by atoms with Gasteiger partial charge in [0.05, 0.1) is 6.04 Å². The molecule has 3 rings (SSSR count). The minimum absolute atomic E-state index is 0.283. The number of rotatable bonds is 2. The molecule has 1 aliphatic carbocycles. The number of aromatic nitrogens is 2. The van der Waals surface area contributed by atoms with Crippen molar-refractivity contribution in [2.24, 2.45) is 5.92 Å². The van der Waals surface area contributed by atoms with Crippen LogP contribution in [0.4, 0.5) is 0 Å². The summed E-state index contributed by atoms with van der Waals surface area (Å²) < 4.78 is 5.43. The van der Waals surface area contributed by atoms with Gasteiger partial charge in [-0.25, -0.2) is 0 Å². The van der Waals surface area contributed by atoms with Crippen LogP contribution in [0.15, 0.2) is 4.52 Å². The molecule has 1 aromatic heterocycles. The Bertz CT molecular complexity index is 368. The van der Waals surface area contributed by atoms with E-state index in [1.807, 2.05) is 0 Å². The molecule has 4 heteroatoms. The van der Waals surface area contributed by atoms with E-state index in [0.717, 1.165) is 30.6 Å². The van der Waals surface area contributed by atoms with Gasteiger partial charge in [0, 0.05) is 5.92 Å². The van der Waals surface area contributed by atoms with E-state index >= 15 is 0 Å². The zero-order chi connectivity index (χ0) is 11.7. The summed E-state index contributed by atoms with van der Waals surface area (Å²) in [7, 11) is 0. The van der Waals surface area contributed by atoms with E-state index in [2.05, 4.69) is 22.4 Å². The largest absolute Gasteiger partial charge is 0.338 e. The first kappa shape index (κ1) is 11.2. The van der Waals surface area contributed by atoms with E-state index in [-0.39, 0.29) is 6.04 Å². The highest BCUT2D eigenvalue weighted by atomic mass is 16.5. The zero-order valence-corrected chi connectivity index (χ0v) is 10.5. The van der Waals surface area contributed by atoms with Crippen LogP contribution < -0.4 is 5.32 Å². The van der Waals surface area contributed by atoms with E-state index in [9.17, 15) is 0 Å². The van der Waals surface area contributed by atoms with Gasteiger partial charge in [-0.2, -0.15) is 4.98 Å². The maximum atomic E-state index is 5.43. The van der Waals surface area contributed by atoms with Crippen molar-refractivity contribution in [3.8, 4) is 0 Å². The van der Waals surface area contributed by atoms with E-state index in [1.165, 1.54) is 32.1 Å². The van der Waals surface area contributed by atoms with Crippen molar-refractivity contribution in [2.75, 3.05) is 6.54 Å². The second-order valence-electron chi connectivity index (χ2n) is 5.52. The van der Waals surface area contributed by atoms with Crippen molar-refractivity contribution in [3.63, 3.8) is 0 Å². The van der Waals surface area contributed by atoms with Gasteiger partial charge in [0.2, 0.25) is 5.89 Å². The summed E-state index contributed by atoms with van der Waals surface area (Å²) >= 11 is 0. The molecule has 0 aromatic carbocycles. The molecule has 17 heavy (non-hydrogen) atoms. The lowest BCUT2D eigenvalue weighted by Gasteiger charge is -2.17. The van der Waals surface area contributed by atoms with Gasteiger partial charge in [0.15, 0.2) is 5.82 Å². The molecule has 1 aromatic rings. The van der Waals surface area contributed by atoms with Gasteiger partial charge in [-0.15, -0.1) is 0 Å². The van der Waals surface area contributed by atoms with Crippen LogP contribution in [0.3, 0.4) is 0 Å². The lowest BCUT2D eigenvalue weighted by Crippen LogP contribution is -2.24. The molecule has 0 bridgehead atoms. The molecule has 0 amide bonds. The Balaban J connectivity index is 1.67. The molecule has 3 atom stereocenters.